The number of hydrogen-bond acceptors (Lipinski definition) is 2. The number of allylic oxidation sites excluding steroid dienone is 2. The molecule has 1 aliphatic rings. The number of rotatable bonds is 4. The molecule has 0 amide bonds. The van der Waals surface area contributed by atoms with E-state index < -0.39 is 23.0 Å². The number of aromatic nitrogens is 2. The Balaban J connectivity index is 1.61. The van der Waals surface area contributed by atoms with Crippen molar-refractivity contribution in [2.75, 3.05) is 0 Å². The van der Waals surface area contributed by atoms with Gasteiger partial charge >= 0.3 is 11.9 Å². The SMILES string of the molecule is O=c1[nH]c(C2CC=C(c3ccc(C(F)(F)F)c(Cl)c3)CC2)c(Cc2ccccc2)c(=O)[nH]1. The molecule has 1 aliphatic carbocycles. The molecule has 2 N–H and O–H groups in total. The third kappa shape index (κ3) is 4.72. The normalized spacial score (nSPS) is 16.6. The Hall–Kier alpha value is -3.06. The molecule has 32 heavy (non-hydrogen) atoms. The molecule has 1 atom stereocenters. The minimum Gasteiger partial charge on any atom is -0.311 e. The summed E-state index contributed by atoms with van der Waals surface area (Å²) >= 11 is 5.87. The summed E-state index contributed by atoms with van der Waals surface area (Å²) in [5.74, 6) is -0.0719. The van der Waals surface area contributed by atoms with E-state index in [1.54, 1.807) is 0 Å². The van der Waals surface area contributed by atoms with Crippen LogP contribution in [-0.2, 0) is 12.6 Å². The van der Waals surface area contributed by atoms with Crippen molar-refractivity contribution in [2.24, 2.45) is 0 Å². The lowest BCUT2D eigenvalue weighted by Gasteiger charge is -2.24. The fraction of sp³-hybridized carbons (Fsp3) is 0.250. The summed E-state index contributed by atoms with van der Waals surface area (Å²) in [5.41, 5.74) is 1.82. The van der Waals surface area contributed by atoms with E-state index in [0.29, 0.717) is 42.5 Å². The van der Waals surface area contributed by atoms with Crippen LogP contribution in [0.1, 0.15) is 53.1 Å². The first kappa shape index (κ1) is 22.1. The van der Waals surface area contributed by atoms with E-state index in [1.165, 1.54) is 12.1 Å². The second kappa shape index (κ2) is 8.82. The molecule has 166 valence electrons. The third-order valence-corrected chi connectivity index (χ3v) is 6.08. The summed E-state index contributed by atoms with van der Waals surface area (Å²) in [6.45, 7) is 0. The average Bonchev–Trinajstić information content (AvgIpc) is 2.75. The highest BCUT2D eigenvalue weighted by Crippen LogP contribution is 2.39. The van der Waals surface area contributed by atoms with Crippen molar-refractivity contribution in [1.82, 2.24) is 9.97 Å². The maximum atomic E-state index is 13.0. The van der Waals surface area contributed by atoms with E-state index in [1.807, 2.05) is 36.4 Å². The van der Waals surface area contributed by atoms with Gasteiger partial charge in [0.15, 0.2) is 0 Å². The molecule has 0 bridgehead atoms. The molecule has 4 rings (SSSR count). The van der Waals surface area contributed by atoms with Gasteiger partial charge in [-0.15, -0.1) is 0 Å². The van der Waals surface area contributed by atoms with Gasteiger partial charge in [0.25, 0.3) is 5.56 Å². The van der Waals surface area contributed by atoms with Gasteiger partial charge in [-0.2, -0.15) is 13.2 Å². The van der Waals surface area contributed by atoms with E-state index in [2.05, 4.69) is 9.97 Å². The van der Waals surface area contributed by atoms with Crippen molar-refractivity contribution in [2.45, 2.75) is 37.8 Å². The van der Waals surface area contributed by atoms with Gasteiger partial charge in [0.05, 0.1) is 10.6 Å². The number of alkyl halides is 3. The molecule has 0 saturated carbocycles. The smallest absolute Gasteiger partial charge is 0.311 e. The highest BCUT2D eigenvalue weighted by atomic mass is 35.5. The van der Waals surface area contributed by atoms with Gasteiger partial charge in [-0.1, -0.05) is 54.1 Å². The lowest BCUT2D eigenvalue weighted by Crippen LogP contribution is -2.30. The van der Waals surface area contributed by atoms with E-state index in [9.17, 15) is 22.8 Å². The minimum absolute atomic E-state index is 0.0719. The van der Waals surface area contributed by atoms with Gasteiger partial charge in [0.1, 0.15) is 0 Å². The largest absolute Gasteiger partial charge is 0.417 e. The third-order valence-electron chi connectivity index (χ3n) is 5.76. The molecule has 1 aromatic heterocycles. The molecule has 0 spiro atoms. The Morgan fingerprint density at radius 1 is 1.03 bits per heavy atom. The molecule has 1 unspecified atom stereocenters. The van der Waals surface area contributed by atoms with Gasteiger partial charge in [-0.25, -0.2) is 4.79 Å². The summed E-state index contributed by atoms with van der Waals surface area (Å²) < 4.78 is 38.9. The second-order valence-electron chi connectivity index (χ2n) is 7.86. The average molecular weight is 461 g/mol. The van der Waals surface area contributed by atoms with Crippen LogP contribution in [0.15, 0.2) is 64.2 Å². The topological polar surface area (TPSA) is 65.7 Å². The Morgan fingerprint density at radius 3 is 2.41 bits per heavy atom. The Morgan fingerprint density at radius 2 is 1.78 bits per heavy atom. The summed E-state index contributed by atoms with van der Waals surface area (Å²) in [6.07, 6.45) is -0.376. The van der Waals surface area contributed by atoms with Gasteiger partial charge in [-0.3, -0.25) is 9.78 Å². The number of nitrogens with one attached hydrogen (secondary N) is 2. The van der Waals surface area contributed by atoms with Crippen molar-refractivity contribution in [3.8, 4) is 0 Å². The highest BCUT2D eigenvalue weighted by Gasteiger charge is 2.33. The van der Waals surface area contributed by atoms with Crippen molar-refractivity contribution in [3.63, 3.8) is 0 Å². The molecule has 0 saturated heterocycles. The number of H-pyrrole nitrogens is 2. The first-order valence-corrected chi connectivity index (χ1v) is 10.6. The summed E-state index contributed by atoms with van der Waals surface area (Å²) in [6, 6.07) is 13.3. The van der Waals surface area contributed by atoms with Crippen molar-refractivity contribution in [3.05, 3.63) is 108 Å². The van der Waals surface area contributed by atoms with Crippen LogP contribution in [0.4, 0.5) is 13.2 Å². The molecular formula is C24H20ClF3N2O2. The highest BCUT2D eigenvalue weighted by molar-refractivity contribution is 6.31. The standard InChI is InChI=1S/C24H20ClF3N2O2/c25-20-13-17(10-11-19(20)24(26,27)28)15-6-8-16(9-7-15)21-18(22(31)30-23(32)29-21)12-14-4-2-1-3-5-14/h1-6,10-11,13,16H,7-9,12H2,(H2,29,30,31,32). The van der Waals surface area contributed by atoms with Crippen molar-refractivity contribution in [1.29, 1.82) is 0 Å². The van der Waals surface area contributed by atoms with Crippen LogP contribution >= 0.6 is 11.6 Å². The monoisotopic (exact) mass is 460 g/mol. The Bertz CT molecular complexity index is 1280. The van der Waals surface area contributed by atoms with Gasteiger partial charge in [0.2, 0.25) is 0 Å². The predicted molar refractivity (Wildman–Crippen MR) is 118 cm³/mol. The predicted octanol–water partition coefficient (Wildman–Crippen LogP) is 5.68. The van der Waals surface area contributed by atoms with E-state index in [0.717, 1.165) is 17.2 Å². The number of aromatic amines is 2. The summed E-state index contributed by atoms with van der Waals surface area (Å²) in [5, 5.41) is -0.331. The molecule has 8 heteroatoms. The van der Waals surface area contributed by atoms with Crippen LogP contribution in [0, 0.1) is 0 Å². The van der Waals surface area contributed by atoms with E-state index in [4.69, 9.17) is 11.6 Å². The molecular weight excluding hydrogens is 441 g/mol. The van der Waals surface area contributed by atoms with Crippen LogP contribution < -0.4 is 11.2 Å². The van der Waals surface area contributed by atoms with E-state index >= 15 is 0 Å². The number of benzene rings is 2. The second-order valence-corrected chi connectivity index (χ2v) is 8.26. The summed E-state index contributed by atoms with van der Waals surface area (Å²) in [4.78, 5) is 29.6. The lowest BCUT2D eigenvalue weighted by molar-refractivity contribution is -0.137. The first-order chi connectivity index (χ1) is 15.2. The van der Waals surface area contributed by atoms with Crippen molar-refractivity contribution >= 4 is 17.2 Å². The quantitative estimate of drug-likeness (QED) is 0.526. The van der Waals surface area contributed by atoms with Crippen LogP contribution in [0.2, 0.25) is 5.02 Å². The first-order valence-electron chi connectivity index (χ1n) is 10.2. The molecule has 0 fully saturated rings. The van der Waals surface area contributed by atoms with Crippen LogP contribution in [0.3, 0.4) is 0 Å². The molecule has 0 aliphatic heterocycles. The molecule has 1 heterocycles. The molecule has 2 aromatic carbocycles. The molecule has 0 radical (unpaired) electrons. The number of hydrogen-bond donors (Lipinski definition) is 2. The zero-order valence-corrected chi connectivity index (χ0v) is 17.7. The zero-order chi connectivity index (χ0) is 22.9. The Kier molecular flexibility index (Phi) is 6.11. The minimum atomic E-state index is -4.50. The van der Waals surface area contributed by atoms with Gasteiger partial charge < -0.3 is 4.98 Å². The zero-order valence-electron chi connectivity index (χ0n) is 16.9. The fourth-order valence-electron chi connectivity index (χ4n) is 4.16. The van der Waals surface area contributed by atoms with Crippen LogP contribution in [-0.4, -0.2) is 9.97 Å². The Labute approximate surface area is 186 Å². The summed E-state index contributed by atoms with van der Waals surface area (Å²) in [7, 11) is 0. The van der Waals surface area contributed by atoms with Gasteiger partial charge in [-0.05, 0) is 48.1 Å². The van der Waals surface area contributed by atoms with Crippen LogP contribution in [0.5, 0.6) is 0 Å². The maximum absolute atomic E-state index is 13.0. The molecule has 4 nitrogen and oxygen atoms in total. The van der Waals surface area contributed by atoms with Gasteiger partial charge in [0, 0.05) is 23.6 Å². The maximum Gasteiger partial charge on any atom is 0.417 e. The van der Waals surface area contributed by atoms with Crippen molar-refractivity contribution < 1.29 is 13.2 Å². The lowest BCUT2D eigenvalue weighted by atomic mass is 9.82. The van der Waals surface area contributed by atoms with Crippen LogP contribution in [0.25, 0.3) is 5.57 Å². The fourth-order valence-corrected chi connectivity index (χ4v) is 4.44. The number of halogens is 4. The van der Waals surface area contributed by atoms with E-state index in [-0.39, 0.29) is 10.9 Å². The molecule has 3 aromatic rings.